The van der Waals surface area contributed by atoms with E-state index in [2.05, 4.69) is 17.2 Å². The number of hydrogen-bond donors (Lipinski definition) is 1. The molecule has 2 aromatic heterocycles. The quantitative estimate of drug-likeness (QED) is 0.828. The van der Waals surface area contributed by atoms with Crippen molar-refractivity contribution in [3.8, 4) is 0 Å². The summed E-state index contributed by atoms with van der Waals surface area (Å²) in [6.45, 7) is 2.78. The number of aromatic nitrogens is 1. The molecule has 2 heterocycles. The Morgan fingerprint density at radius 2 is 2.13 bits per heavy atom. The van der Waals surface area contributed by atoms with Crippen LogP contribution in [0.25, 0.3) is 0 Å². The van der Waals surface area contributed by atoms with Gasteiger partial charge in [-0.3, -0.25) is 4.98 Å². The van der Waals surface area contributed by atoms with Crippen molar-refractivity contribution < 1.29 is 4.42 Å². The molecule has 3 heteroatoms. The van der Waals surface area contributed by atoms with Gasteiger partial charge in [0.05, 0.1) is 12.2 Å². The lowest BCUT2D eigenvalue weighted by molar-refractivity contribution is 0.476. The average molecular weight is 202 g/mol. The van der Waals surface area contributed by atoms with Crippen LogP contribution in [0, 0.1) is 0 Å². The molecule has 0 aliphatic carbocycles. The minimum Gasteiger partial charge on any atom is -0.464 e. The van der Waals surface area contributed by atoms with E-state index in [9.17, 15) is 0 Å². The van der Waals surface area contributed by atoms with Gasteiger partial charge in [0, 0.05) is 18.8 Å². The van der Waals surface area contributed by atoms with Gasteiger partial charge in [-0.15, -0.1) is 0 Å². The van der Waals surface area contributed by atoms with Crippen LogP contribution in [0.3, 0.4) is 0 Å². The van der Waals surface area contributed by atoms with Gasteiger partial charge in [-0.2, -0.15) is 0 Å². The molecule has 78 valence electrons. The van der Waals surface area contributed by atoms with Gasteiger partial charge in [-0.25, -0.2) is 0 Å². The number of anilines is 1. The molecule has 0 bridgehead atoms. The zero-order valence-electron chi connectivity index (χ0n) is 8.73. The van der Waals surface area contributed by atoms with E-state index in [1.807, 2.05) is 24.3 Å². The van der Waals surface area contributed by atoms with E-state index in [1.165, 1.54) is 0 Å². The third-order valence-corrected chi connectivity index (χ3v) is 2.19. The number of pyridine rings is 1. The van der Waals surface area contributed by atoms with Gasteiger partial charge in [0.25, 0.3) is 0 Å². The molecule has 0 spiro atoms. The second-order valence-corrected chi connectivity index (χ2v) is 3.32. The van der Waals surface area contributed by atoms with Crippen LogP contribution in [-0.2, 0) is 13.0 Å². The second-order valence-electron chi connectivity index (χ2n) is 3.32. The lowest BCUT2D eigenvalue weighted by atomic mass is 10.3. The molecule has 0 fully saturated rings. The van der Waals surface area contributed by atoms with Crippen molar-refractivity contribution in [2.45, 2.75) is 19.9 Å². The molecule has 3 nitrogen and oxygen atoms in total. The Morgan fingerprint density at radius 1 is 1.27 bits per heavy atom. The van der Waals surface area contributed by atoms with Crippen LogP contribution in [0.5, 0.6) is 0 Å². The molecule has 0 amide bonds. The van der Waals surface area contributed by atoms with Gasteiger partial charge in [-0.1, -0.05) is 6.92 Å². The Bertz CT molecular complexity index is 409. The summed E-state index contributed by atoms with van der Waals surface area (Å²) in [5.41, 5.74) is 1.01. The zero-order chi connectivity index (χ0) is 10.5. The van der Waals surface area contributed by atoms with E-state index in [0.29, 0.717) is 6.54 Å². The highest BCUT2D eigenvalue weighted by Gasteiger charge is 1.99. The van der Waals surface area contributed by atoms with Crippen LogP contribution in [0.2, 0.25) is 0 Å². The molecule has 0 aromatic carbocycles. The summed E-state index contributed by atoms with van der Waals surface area (Å²) in [5.74, 6) is 1.98. The minimum absolute atomic E-state index is 0.700. The maximum Gasteiger partial charge on any atom is 0.123 e. The number of nitrogens with one attached hydrogen (secondary N) is 1. The van der Waals surface area contributed by atoms with Crippen molar-refractivity contribution >= 4 is 5.69 Å². The van der Waals surface area contributed by atoms with Crippen molar-refractivity contribution in [1.29, 1.82) is 0 Å². The fraction of sp³-hybridized carbons (Fsp3) is 0.250. The summed E-state index contributed by atoms with van der Waals surface area (Å²) < 4.78 is 5.57. The Kier molecular flexibility index (Phi) is 3.02. The number of furan rings is 1. The standard InChI is InChI=1S/C12H14N2O/c1-2-11-5-6-12(15-11)9-14-10-4-3-7-13-8-10/h3-8,14H,2,9H2,1H3. The molecule has 0 saturated heterocycles. The predicted molar refractivity (Wildman–Crippen MR) is 59.6 cm³/mol. The summed E-state index contributed by atoms with van der Waals surface area (Å²) in [5, 5.41) is 3.24. The maximum absolute atomic E-state index is 5.57. The highest BCUT2D eigenvalue weighted by Crippen LogP contribution is 2.11. The highest BCUT2D eigenvalue weighted by atomic mass is 16.3. The summed E-state index contributed by atoms with van der Waals surface area (Å²) >= 11 is 0. The first-order valence-corrected chi connectivity index (χ1v) is 5.10. The van der Waals surface area contributed by atoms with Crippen molar-refractivity contribution in [1.82, 2.24) is 4.98 Å². The van der Waals surface area contributed by atoms with E-state index in [0.717, 1.165) is 23.6 Å². The van der Waals surface area contributed by atoms with Crippen molar-refractivity contribution in [3.63, 3.8) is 0 Å². The van der Waals surface area contributed by atoms with Crippen LogP contribution < -0.4 is 5.32 Å². The molecule has 0 saturated carbocycles. The molecule has 0 atom stereocenters. The van der Waals surface area contributed by atoms with E-state index in [4.69, 9.17) is 4.42 Å². The number of aryl methyl sites for hydroxylation is 1. The number of rotatable bonds is 4. The Balaban J connectivity index is 1.93. The van der Waals surface area contributed by atoms with Gasteiger partial charge >= 0.3 is 0 Å². The van der Waals surface area contributed by atoms with Gasteiger partial charge in [0.2, 0.25) is 0 Å². The maximum atomic E-state index is 5.57. The van der Waals surface area contributed by atoms with Gasteiger partial charge in [-0.05, 0) is 24.3 Å². The van der Waals surface area contributed by atoms with Crippen LogP contribution in [-0.4, -0.2) is 4.98 Å². The topological polar surface area (TPSA) is 38.1 Å². The summed E-state index contributed by atoms with van der Waals surface area (Å²) in [7, 11) is 0. The predicted octanol–water partition coefficient (Wildman–Crippen LogP) is 2.85. The molecule has 0 aliphatic rings. The molecule has 0 unspecified atom stereocenters. The second kappa shape index (κ2) is 4.64. The summed E-state index contributed by atoms with van der Waals surface area (Å²) in [6, 6.07) is 7.90. The lowest BCUT2D eigenvalue weighted by Crippen LogP contribution is -1.97. The Morgan fingerprint density at radius 3 is 2.80 bits per heavy atom. The highest BCUT2D eigenvalue weighted by molar-refractivity contribution is 5.39. The van der Waals surface area contributed by atoms with Crippen LogP contribution in [0.4, 0.5) is 5.69 Å². The van der Waals surface area contributed by atoms with Gasteiger partial charge in [0.1, 0.15) is 11.5 Å². The molecule has 2 aromatic rings. The molecule has 0 radical (unpaired) electrons. The third-order valence-electron chi connectivity index (χ3n) is 2.19. The molecule has 15 heavy (non-hydrogen) atoms. The fourth-order valence-corrected chi connectivity index (χ4v) is 1.36. The first kappa shape index (κ1) is 9.77. The largest absolute Gasteiger partial charge is 0.464 e. The van der Waals surface area contributed by atoms with Crippen molar-refractivity contribution in [3.05, 3.63) is 48.2 Å². The van der Waals surface area contributed by atoms with Crippen LogP contribution in [0.1, 0.15) is 18.4 Å². The fourth-order valence-electron chi connectivity index (χ4n) is 1.36. The van der Waals surface area contributed by atoms with Gasteiger partial charge in [0.15, 0.2) is 0 Å². The van der Waals surface area contributed by atoms with E-state index in [1.54, 1.807) is 12.4 Å². The van der Waals surface area contributed by atoms with Crippen molar-refractivity contribution in [2.24, 2.45) is 0 Å². The molecule has 1 N–H and O–H groups in total. The summed E-state index contributed by atoms with van der Waals surface area (Å²) in [4.78, 5) is 4.03. The van der Waals surface area contributed by atoms with Crippen LogP contribution in [0.15, 0.2) is 41.1 Å². The Hall–Kier alpha value is -1.77. The van der Waals surface area contributed by atoms with E-state index in [-0.39, 0.29) is 0 Å². The number of nitrogens with zero attached hydrogens (tertiary/aromatic N) is 1. The lowest BCUT2D eigenvalue weighted by Gasteiger charge is -2.02. The first-order valence-electron chi connectivity index (χ1n) is 5.10. The SMILES string of the molecule is CCc1ccc(CNc2cccnc2)o1. The Labute approximate surface area is 89.1 Å². The summed E-state index contributed by atoms with van der Waals surface area (Å²) in [6.07, 6.45) is 4.49. The zero-order valence-corrected chi connectivity index (χ0v) is 8.73. The average Bonchev–Trinajstić information content (AvgIpc) is 2.76. The van der Waals surface area contributed by atoms with Crippen LogP contribution >= 0.6 is 0 Å². The minimum atomic E-state index is 0.700. The normalized spacial score (nSPS) is 10.2. The van der Waals surface area contributed by atoms with E-state index < -0.39 is 0 Å². The number of hydrogen-bond acceptors (Lipinski definition) is 3. The third kappa shape index (κ3) is 2.59. The van der Waals surface area contributed by atoms with E-state index >= 15 is 0 Å². The molecule has 0 aliphatic heterocycles. The molecular weight excluding hydrogens is 188 g/mol. The molecular formula is C12H14N2O. The van der Waals surface area contributed by atoms with Crippen molar-refractivity contribution in [2.75, 3.05) is 5.32 Å². The van der Waals surface area contributed by atoms with Gasteiger partial charge < -0.3 is 9.73 Å². The smallest absolute Gasteiger partial charge is 0.123 e. The first-order chi connectivity index (χ1) is 7.38. The molecule has 2 rings (SSSR count). The monoisotopic (exact) mass is 202 g/mol.